The highest BCUT2D eigenvalue weighted by atomic mass is 19.1. The number of aliphatic imine (C=N–C) groups is 1. The van der Waals surface area contributed by atoms with E-state index in [1.807, 2.05) is 0 Å². The Morgan fingerprint density at radius 3 is 2.83 bits per heavy atom. The number of nitrogens with two attached hydrogens (primary N) is 2. The number of ether oxygens (including phenoxy) is 1. The van der Waals surface area contributed by atoms with Gasteiger partial charge in [-0.1, -0.05) is 11.8 Å². The summed E-state index contributed by atoms with van der Waals surface area (Å²) in [5, 5.41) is 0. The number of rotatable bonds is 1. The molecule has 0 aromatic heterocycles. The lowest BCUT2D eigenvalue weighted by Crippen LogP contribution is -2.50. The lowest BCUT2D eigenvalue weighted by atomic mass is 9.72. The summed E-state index contributed by atoms with van der Waals surface area (Å²) in [4.78, 5) is 4.24. The third-order valence-corrected chi connectivity index (χ3v) is 3.42. The van der Waals surface area contributed by atoms with Crippen LogP contribution in [-0.2, 0) is 10.3 Å². The van der Waals surface area contributed by atoms with Crippen LogP contribution in [0.3, 0.4) is 0 Å². The Balaban J connectivity index is 2.17. The first-order valence-electron chi connectivity index (χ1n) is 5.59. The average molecular weight is 245 g/mol. The summed E-state index contributed by atoms with van der Waals surface area (Å²) in [5.41, 5.74) is 11.4. The predicted molar refractivity (Wildman–Crippen MR) is 65.9 cm³/mol. The third kappa shape index (κ3) is 1.35. The first-order chi connectivity index (χ1) is 8.50. The molecule has 4 N–H and O–H groups in total. The molecule has 3 atom stereocenters. The van der Waals surface area contributed by atoms with Gasteiger partial charge in [0.1, 0.15) is 11.4 Å². The van der Waals surface area contributed by atoms with Crippen LogP contribution in [0.4, 0.5) is 10.1 Å². The van der Waals surface area contributed by atoms with Crippen molar-refractivity contribution < 1.29 is 9.13 Å². The van der Waals surface area contributed by atoms with Crippen molar-refractivity contribution in [3.8, 4) is 11.8 Å². The van der Waals surface area contributed by atoms with Crippen LogP contribution >= 0.6 is 0 Å². The molecule has 3 rings (SSSR count). The molecule has 0 unspecified atom stereocenters. The fourth-order valence-corrected chi connectivity index (χ4v) is 2.38. The average Bonchev–Trinajstić information content (AvgIpc) is 2.26. The lowest BCUT2D eigenvalue weighted by molar-refractivity contribution is 0.107. The van der Waals surface area contributed by atoms with Crippen LogP contribution in [0.5, 0.6) is 0 Å². The van der Waals surface area contributed by atoms with Crippen LogP contribution in [-0.4, -0.2) is 12.1 Å². The molecule has 1 aliphatic carbocycles. The van der Waals surface area contributed by atoms with E-state index in [0.717, 1.165) is 0 Å². The van der Waals surface area contributed by atoms with Crippen molar-refractivity contribution >= 4 is 11.7 Å². The Kier molecular flexibility index (Phi) is 2.05. The number of hydrogen-bond acceptors (Lipinski definition) is 4. The van der Waals surface area contributed by atoms with E-state index in [1.165, 1.54) is 12.1 Å². The van der Waals surface area contributed by atoms with Crippen LogP contribution in [0.25, 0.3) is 0 Å². The molecular formula is C13H12FN3O. The Morgan fingerprint density at radius 1 is 1.39 bits per heavy atom. The van der Waals surface area contributed by atoms with Gasteiger partial charge in [-0.2, -0.15) is 0 Å². The van der Waals surface area contributed by atoms with Crippen molar-refractivity contribution in [1.82, 2.24) is 0 Å². The van der Waals surface area contributed by atoms with E-state index in [-0.39, 0.29) is 23.9 Å². The van der Waals surface area contributed by atoms with Crippen molar-refractivity contribution in [3.05, 3.63) is 29.6 Å². The summed E-state index contributed by atoms with van der Waals surface area (Å²) in [7, 11) is 0. The normalized spacial score (nSPS) is 32.2. The van der Waals surface area contributed by atoms with Crippen molar-refractivity contribution in [3.63, 3.8) is 0 Å². The highest BCUT2D eigenvalue weighted by Crippen LogP contribution is 2.43. The molecule has 18 heavy (non-hydrogen) atoms. The van der Waals surface area contributed by atoms with E-state index in [2.05, 4.69) is 16.8 Å². The van der Waals surface area contributed by atoms with Gasteiger partial charge in [0, 0.05) is 11.3 Å². The monoisotopic (exact) mass is 245 g/mol. The van der Waals surface area contributed by atoms with Gasteiger partial charge in [0.25, 0.3) is 6.02 Å². The van der Waals surface area contributed by atoms with Gasteiger partial charge in [0.05, 0.1) is 5.92 Å². The minimum atomic E-state index is -0.849. The number of nitrogen functional groups attached to an aromatic ring is 1. The second-order valence-electron chi connectivity index (χ2n) is 4.64. The minimum Gasteiger partial charge on any atom is -0.447 e. The molecule has 5 heteroatoms. The zero-order valence-electron chi connectivity index (χ0n) is 9.77. The van der Waals surface area contributed by atoms with Crippen molar-refractivity contribution in [2.45, 2.75) is 18.6 Å². The van der Waals surface area contributed by atoms with Crippen molar-refractivity contribution in [2.75, 3.05) is 5.73 Å². The Hall–Kier alpha value is -2.22. The SMILES string of the molecule is C[C@]1(c2cc(N)ccc2F)N=C(N)O[C@@H]2C#C[C@@H]21. The number of anilines is 1. The van der Waals surface area contributed by atoms with Gasteiger partial charge in [0.15, 0.2) is 6.10 Å². The predicted octanol–water partition coefficient (Wildman–Crippen LogP) is 0.970. The summed E-state index contributed by atoms with van der Waals surface area (Å²) >= 11 is 0. The topological polar surface area (TPSA) is 73.6 Å². The summed E-state index contributed by atoms with van der Waals surface area (Å²) in [5.74, 6) is 5.25. The molecule has 1 heterocycles. The molecule has 0 fully saturated rings. The zero-order valence-corrected chi connectivity index (χ0v) is 9.77. The standard InChI is InChI=1S/C13H12FN3O/c1-13(9-6-7(15)2-4-10(9)14)8-3-5-11(8)18-12(16)17-13/h2,4,6,8,11H,15H2,1H3,(H2,16,17)/t8-,11+,13-/m0/s1. The number of amidine groups is 1. The molecule has 4 nitrogen and oxygen atoms in total. The molecule has 1 aromatic carbocycles. The van der Waals surface area contributed by atoms with Gasteiger partial charge in [-0.25, -0.2) is 9.38 Å². The number of nitrogens with zero attached hydrogens (tertiary/aromatic N) is 1. The lowest BCUT2D eigenvalue weighted by Gasteiger charge is -2.41. The second-order valence-corrected chi connectivity index (χ2v) is 4.64. The Morgan fingerprint density at radius 2 is 2.17 bits per heavy atom. The fraction of sp³-hybridized carbons (Fsp3) is 0.308. The number of fused-ring (bicyclic) bond motifs is 1. The molecule has 1 aromatic rings. The molecule has 92 valence electrons. The Bertz CT molecular complexity index is 616. The summed E-state index contributed by atoms with van der Waals surface area (Å²) in [6, 6.07) is 4.46. The summed E-state index contributed by atoms with van der Waals surface area (Å²) in [6.45, 7) is 1.80. The molecule has 2 aliphatic rings. The van der Waals surface area contributed by atoms with Gasteiger partial charge in [0.2, 0.25) is 0 Å². The van der Waals surface area contributed by atoms with Crippen molar-refractivity contribution in [2.24, 2.45) is 16.6 Å². The van der Waals surface area contributed by atoms with Crippen LogP contribution in [0.15, 0.2) is 23.2 Å². The molecule has 0 saturated heterocycles. The van der Waals surface area contributed by atoms with Crippen molar-refractivity contribution in [1.29, 1.82) is 0 Å². The number of hydrogen-bond donors (Lipinski definition) is 2. The number of benzene rings is 1. The minimum absolute atomic E-state index is 0.0366. The van der Waals surface area contributed by atoms with Crippen LogP contribution < -0.4 is 11.5 Å². The molecule has 0 radical (unpaired) electrons. The summed E-state index contributed by atoms with van der Waals surface area (Å²) < 4.78 is 19.3. The van der Waals surface area contributed by atoms with E-state index in [4.69, 9.17) is 16.2 Å². The smallest absolute Gasteiger partial charge is 0.284 e. The van der Waals surface area contributed by atoms with E-state index in [0.29, 0.717) is 11.3 Å². The van der Waals surface area contributed by atoms with Crippen LogP contribution in [0.1, 0.15) is 12.5 Å². The third-order valence-electron chi connectivity index (χ3n) is 3.42. The second kappa shape index (κ2) is 3.39. The quantitative estimate of drug-likeness (QED) is 0.572. The van der Waals surface area contributed by atoms with Gasteiger partial charge in [-0.15, -0.1) is 0 Å². The van der Waals surface area contributed by atoms with Gasteiger partial charge < -0.3 is 16.2 Å². The first-order valence-corrected chi connectivity index (χ1v) is 5.59. The van der Waals surface area contributed by atoms with E-state index < -0.39 is 5.54 Å². The maximum absolute atomic E-state index is 14.0. The molecule has 0 amide bonds. The zero-order chi connectivity index (χ0) is 12.9. The Labute approximate surface area is 104 Å². The van der Waals surface area contributed by atoms with Crippen LogP contribution in [0.2, 0.25) is 0 Å². The fourth-order valence-electron chi connectivity index (χ4n) is 2.38. The summed E-state index contributed by atoms with van der Waals surface area (Å²) in [6.07, 6.45) is -0.312. The molecular weight excluding hydrogens is 233 g/mol. The molecule has 0 bridgehead atoms. The molecule has 0 saturated carbocycles. The maximum Gasteiger partial charge on any atom is 0.284 e. The van der Waals surface area contributed by atoms with E-state index in [9.17, 15) is 4.39 Å². The molecule has 0 spiro atoms. The first kappa shape index (κ1) is 10.9. The van der Waals surface area contributed by atoms with E-state index in [1.54, 1.807) is 13.0 Å². The van der Waals surface area contributed by atoms with Gasteiger partial charge in [-0.05, 0) is 25.1 Å². The largest absolute Gasteiger partial charge is 0.447 e. The highest BCUT2D eigenvalue weighted by molar-refractivity contribution is 5.74. The van der Waals surface area contributed by atoms with E-state index >= 15 is 0 Å². The van der Waals surface area contributed by atoms with Gasteiger partial charge in [-0.3, -0.25) is 0 Å². The van der Waals surface area contributed by atoms with Crippen LogP contribution in [0, 0.1) is 23.6 Å². The maximum atomic E-state index is 14.0. The molecule has 1 aliphatic heterocycles. The highest BCUT2D eigenvalue weighted by Gasteiger charge is 2.49. The van der Waals surface area contributed by atoms with Gasteiger partial charge >= 0.3 is 0 Å². The number of halogens is 1.